The fraction of sp³-hybridized carbons (Fsp3) is 0.190. The molecule has 4 rings (SSSR count). The van der Waals surface area contributed by atoms with Gasteiger partial charge in [-0.15, -0.1) is 0 Å². The maximum atomic E-state index is 14.2. The van der Waals surface area contributed by atoms with Gasteiger partial charge in [0.2, 0.25) is 0 Å². The number of halogens is 4. The van der Waals surface area contributed by atoms with E-state index >= 15 is 0 Å². The number of nitrogens with zero attached hydrogens (tertiary/aromatic N) is 4. The number of anilines is 2. The van der Waals surface area contributed by atoms with Crippen molar-refractivity contribution < 1.29 is 22.7 Å². The van der Waals surface area contributed by atoms with Crippen LogP contribution in [0.2, 0.25) is 5.02 Å². The lowest BCUT2D eigenvalue weighted by Gasteiger charge is -2.27. The van der Waals surface area contributed by atoms with Crippen LogP contribution < -0.4 is 10.7 Å². The Morgan fingerprint density at radius 3 is 2.62 bits per heavy atom. The first-order chi connectivity index (χ1) is 16.3. The summed E-state index contributed by atoms with van der Waals surface area (Å²) >= 11 is 6.12. The summed E-state index contributed by atoms with van der Waals surface area (Å²) in [5, 5.41) is 17.2. The van der Waals surface area contributed by atoms with Crippen LogP contribution in [0.3, 0.4) is 0 Å². The molecule has 0 atom stereocenters. The number of rotatable bonds is 7. The van der Waals surface area contributed by atoms with E-state index in [0.29, 0.717) is 0 Å². The molecule has 9 nitrogen and oxygen atoms in total. The minimum Gasteiger partial charge on any atom is -0.377 e. The van der Waals surface area contributed by atoms with E-state index in [-0.39, 0.29) is 41.0 Å². The van der Waals surface area contributed by atoms with E-state index < -0.39 is 29.4 Å². The highest BCUT2D eigenvalue weighted by molar-refractivity contribution is 6.33. The molecule has 3 aromatic rings. The van der Waals surface area contributed by atoms with Crippen LogP contribution in [0.1, 0.15) is 22.1 Å². The van der Waals surface area contributed by atoms with Crippen LogP contribution in [0.4, 0.5) is 24.7 Å². The lowest BCUT2D eigenvalue weighted by molar-refractivity contribution is -0.137. The van der Waals surface area contributed by atoms with Gasteiger partial charge in [-0.3, -0.25) is 14.9 Å². The van der Waals surface area contributed by atoms with E-state index in [1.807, 2.05) is 0 Å². The largest absolute Gasteiger partial charge is 0.420 e. The van der Waals surface area contributed by atoms with E-state index in [2.05, 4.69) is 25.9 Å². The molecule has 34 heavy (non-hydrogen) atoms. The van der Waals surface area contributed by atoms with Crippen molar-refractivity contribution in [3.8, 4) is 11.3 Å². The summed E-state index contributed by atoms with van der Waals surface area (Å²) in [4.78, 5) is 17.1. The predicted molar refractivity (Wildman–Crippen MR) is 121 cm³/mol. The van der Waals surface area contributed by atoms with Crippen LogP contribution in [0.25, 0.3) is 11.3 Å². The van der Waals surface area contributed by atoms with Gasteiger partial charge < -0.3 is 15.5 Å². The Hall–Kier alpha value is -3.77. The Kier molecular flexibility index (Phi) is 6.61. The van der Waals surface area contributed by atoms with Crippen molar-refractivity contribution in [1.29, 1.82) is 5.41 Å². The maximum Gasteiger partial charge on any atom is 0.420 e. The minimum absolute atomic E-state index is 0.0573. The van der Waals surface area contributed by atoms with Crippen LogP contribution in [0.5, 0.6) is 0 Å². The van der Waals surface area contributed by atoms with E-state index in [9.17, 15) is 18.0 Å². The van der Waals surface area contributed by atoms with Gasteiger partial charge >= 0.3 is 6.18 Å². The van der Waals surface area contributed by atoms with Gasteiger partial charge in [0.1, 0.15) is 17.0 Å². The van der Waals surface area contributed by atoms with Gasteiger partial charge in [-0.2, -0.15) is 23.4 Å². The summed E-state index contributed by atoms with van der Waals surface area (Å²) in [6.07, 6.45) is -1.54. The van der Waals surface area contributed by atoms with Gasteiger partial charge in [0.15, 0.2) is 5.82 Å². The lowest BCUT2D eigenvalue weighted by atomic mass is 10.0. The smallest absolute Gasteiger partial charge is 0.377 e. The third-order valence-corrected chi connectivity index (χ3v) is 5.13. The number of pyridine rings is 1. The Bertz CT molecular complexity index is 1240. The van der Waals surface area contributed by atoms with Crippen molar-refractivity contribution in [2.24, 2.45) is 5.10 Å². The molecule has 0 aliphatic carbocycles. The van der Waals surface area contributed by atoms with Crippen LogP contribution >= 0.6 is 11.6 Å². The SMILES string of the molecule is N=C/C=N\Nc1ncc(NC(=O)c2c(C(F)(F)F)c(-c3ccccc3)nn2C2COC2)cc1Cl. The highest BCUT2D eigenvalue weighted by Gasteiger charge is 2.44. The molecule has 1 aliphatic heterocycles. The molecule has 1 aromatic carbocycles. The number of hydrogen-bond acceptors (Lipinski definition) is 7. The second-order valence-corrected chi connectivity index (χ2v) is 7.54. The number of hydrazone groups is 1. The van der Waals surface area contributed by atoms with Gasteiger partial charge in [0.25, 0.3) is 5.91 Å². The molecule has 1 fully saturated rings. The summed E-state index contributed by atoms with van der Waals surface area (Å²) in [5.74, 6) is -0.883. The average Bonchev–Trinajstić information content (AvgIpc) is 3.15. The fourth-order valence-corrected chi connectivity index (χ4v) is 3.47. The first-order valence-corrected chi connectivity index (χ1v) is 10.2. The normalized spacial score (nSPS) is 14.1. The summed E-state index contributed by atoms with van der Waals surface area (Å²) in [5.41, 5.74) is 0.693. The number of carbonyl (C=O) groups excluding carboxylic acids is 1. The molecule has 3 N–H and O–H groups in total. The molecule has 1 saturated heterocycles. The second kappa shape index (κ2) is 9.61. The Morgan fingerprint density at radius 2 is 2.03 bits per heavy atom. The van der Waals surface area contributed by atoms with Crippen LogP contribution in [0, 0.1) is 5.41 Å². The van der Waals surface area contributed by atoms with Crippen LogP contribution in [-0.4, -0.2) is 46.3 Å². The first-order valence-electron chi connectivity index (χ1n) is 9.87. The van der Waals surface area contributed by atoms with Gasteiger partial charge in [-0.05, 0) is 6.07 Å². The molecular formula is C21H17ClF3N7O2. The van der Waals surface area contributed by atoms with Crippen molar-refractivity contribution in [3.05, 3.63) is 58.9 Å². The Balaban J connectivity index is 1.73. The van der Waals surface area contributed by atoms with Crippen molar-refractivity contribution in [3.63, 3.8) is 0 Å². The van der Waals surface area contributed by atoms with Gasteiger partial charge in [0, 0.05) is 11.8 Å². The zero-order chi connectivity index (χ0) is 24.3. The third-order valence-electron chi connectivity index (χ3n) is 4.84. The van der Waals surface area contributed by atoms with Crippen LogP contribution in [0.15, 0.2) is 47.7 Å². The van der Waals surface area contributed by atoms with Crippen molar-refractivity contribution in [2.45, 2.75) is 12.2 Å². The number of aromatic nitrogens is 3. The molecular weight excluding hydrogens is 475 g/mol. The number of alkyl halides is 3. The summed E-state index contributed by atoms with van der Waals surface area (Å²) in [6, 6.07) is 8.65. The number of carbonyl (C=O) groups is 1. The molecule has 0 spiro atoms. The molecule has 0 bridgehead atoms. The monoisotopic (exact) mass is 491 g/mol. The standard InChI is InChI=1S/C21H17ClF3N7O2/c22-15-8-13(9-27-19(15)30-28-7-6-26)29-20(33)18-16(21(23,24)25)17(12-4-2-1-3-5-12)31-32(18)14-10-34-11-14/h1-9,14,26H,10-11H2,(H,27,30)(H,29,33)/b26-6?,28-7-. The highest BCUT2D eigenvalue weighted by atomic mass is 35.5. The van der Waals surface area contributed by atoms with Gasteiger partial charge in [0.05, 0.1) is 42.4 Å². The summed E-state index contributed by atoms with van der Waals surface area (Å²) in [7, 11) is 0. The number of hydrogen-bond donors (Lipinski definition) is 3. The fourth-order valence-electron chi connectivity index (χ4n) is 3.26. The maximum absolute atomic E-state index is 14.2. The molecule has 1 aliphatic rings. The number of amides is 1. The zero-order valence-corrected chi connectivity index (χ0v) is 18.1. The molecule has 3 heterocycles. The molecule has 176 valence electrons. The number of ether oxygens (including phenoxy) is 1. The zero-order valence-electron chi connectivity index (χ0n) is 17.3. The van der Waals surface area contributed by atoms with Crippen molar-refractivity contribution in [2.75, 3.05) is 24.0 Å². The molecule has 0 saturated carbocycles. The topological polar surface area (TPSA) is 117 Å². The number of nitrogens with one attached hydrogen (secondary N) is 3. The van der Waals surface area contributed by atoms with Crippen molar-refractivity contribution >= 4 is 41.4 Å². The molecule has 1 amide bonds. The van der Waals surface area contributed by atoms with E-state index in [1.165, 1.54) is 24.4 Å². The Morgan fingerprint density at radius 1 is 1.29 bits per heavy atom. The lowest BCUT2D eigenvalue weighted by Crippen LogP contribution is -2.35. The Labute approximate surface area is 196 Å². The van der Waals surface area contributed by atoms with E-state index in [4.69, 9.17) is 21.7 Å². The van der Waals surface area contributed by atoms with E-state index in [0.717, 1.165) is 17.1 Å². The van der Waals surface area contributed by atoms with Gasteiger partial charge in [-0.1, -0.05) is 41.9 Å². The number of benzene rings is 1. The quantitative estimate of drug-likeness (QED) is 0.332. The molecule has 13 heteroatoms. The van der Waals surface area contributed by atoms with E-state index in [1.54, 1.807) is 18.2 Å². The first kappa shape index (κ1) is 23.4. The predicted octanol–water partition coefficient (Wildman–Crippen LogP) is 4.49. The summed E-state index contributed by atoms with van der Waals surface area (Å²) in [6.45, 7) is 0.273. The molecule has 0 unspecified atom stereocenters. The average molecular weight is 492 g/mol. The summed E-state index contributed by atoms with van der Waals surface area (Å²) < 4.78 is 48.9. The van der Waals surface area contributed by atoms with Crippen molar-refractivity contribution in [1.82, 2.24) is 14.8 Å². The minimum atomic E-state index is -4.85. The molecule has 2 aromatic heterocycles. The highest BCUT2D eigenvalue weighted by Crippen LogP contribution is 2.41. The van der Waals surface area contributed by atoms with Gasteiger partial charge in [-0.25, -0.2) is 4.98 Å². The van der Waals surface area contributed by atoms with Crippen LogP contribution in [-0.2, 0) is 10.9 Å². The molecule has 0 radical (unpaired) electrons. The third kappa shape index (κ3) is 4.77. The second-order valence-electron chi connectivity index (χ2n) is 7.14.